The number of anilines is 1. The molecule has 0 aromatic heterocycles. The normalized spacial score (nSPS) is 12.3. The van der Waals surface area contributed by atoms with Gasteiger partial charge in [-0.25, -0.2) is 8.42 Å². The number of benzene rings is 2. The van der Waals surface area contributed by atoms with Crippen molar-refractivity contribution in [3.8, 4) is 0 Å². The number of carbonyl (C=O) groups excluding carboxylic acids is 2. The molecule has 0 spiro atoms. The van der Waals surface area contributed by atoms with Gasteiger partial charge in [0.25, 0.3) is 0 Å². The Morgan fingerprint density at radius 1 is 0.917 bits per heavy atom. The van der Waals surface area contributed by atoms with E-state index in [-0.39, 0.29) is 30.8 Å². The van der Waals surface area contributed by atoms with E-state index in [1.54, 1.807) is 17.0 Å². The van der Waals surface area contributed by atoms with Crippen LogP contribution in [0.3, 0.4) is 0 Å². The Labute approximate surface area is 216 Å². The van der Waals surface area contributed by atoms with E-state index >= 15 is 0 Å². The lowest BCUT2D eigenvalue weighted by Crippen LogP contribution is -2.51. The molecule has 0 aliphatic carbocycles. The number of hydrogen-bond acceptors (Lipinski definition) is 4. The maximum Gasteiger partial charge on any atom is 0.242 e. The summed E-state index contributed by atoms with van der Waals surface area (Å²) in [7, 11) is -3.51. The molecule has 7 nitrogen and oxygen atoms in total. The number of sulfonamides is 1. The summed E-state index contributed by atoms with van der Waals surface area (Å²) in [5, 5.41) is 2.93. The Bertz CT molecular complexity index is 1070. The monoisotopic (exact) mass is 515 g/mol. The van der Waals surface area contributed by atoms with E-state index in [0.717, 1.165) is 17.5 Å². The number of amides is 2. The second-order valence-electron chi connectivity index (χ2n) is 9.37. The number of hydrogen-bond donors (Lipinski definition) is 1. The van der Waals surface area contributed by atoms with Crippen LogP contribution in [0.15, 0.2) is 54.6 Å². The van der Waals surface area contributed by atoms with Crippen LogP contribution in [-0.4, -0.2) is 56.6 Å². The second kappa shape index (κ2) is 14.0. The number of rotatable bonds is 14. The molecule has 36 heavy (non-hydrogen) atoms. The van der Waals surface area contributed by atoms with E-state index in [1.165, 1.54) is 10.6 Å². The molecule has 0 saturated carbocycles. The molecule has 2 aromatic carbocycles. The first-order valence-electron chi connectivity index (χ1n) is 12.8. The zero-order valence-electron chi connectivity index (χ0n) is 22.2. The fourth-order valence-electron chi connectivity index (χ4n) is 4.18. The maximum atomic E-state index is 13.4. The summed E-state index contributed by atoms with van der Waals surface area (Å²) in [6.07, 6.45) is 3.69. The van der Waals surface area contributed by atoms with Gasteiger partial charge >= 0.3 is 0 Å². The van der Waals surface area contributed by atoms with Crippen molar-refractivity contribution < 1.29 is 18.0 Å². The van der Waals surface area contributed by atoms with Crippen LogP contribution in [0.2, 0.25) is 0 Å². The zero-order chi connectivity index (χ0) is 26.7. The minimum Gasteiger partial charge on any atom is -0.352 e. The average Bonchev–Trinajstić information content (AvgIpc) is 2.83. The van der Waals surface area contributed by atoms with E-state index in [9.17, 15) is 18.0 Å². The first-order valence-corrected chi connectivity index (χ1v) is 14.6. The van der Waals surface area contributed by atoms with Crippen LogP contribution in [0, 0.1) is 0 Å². The first-order chi connectivity index (χ1) is 17.1. The van der Waals surface area contributed by atoms with Gasteiger partial charge in [-0.2, -0.15) is 0 Å². The highest BCUT2D eigenvalue weighted by Crippen LogP contribution is 2.20. The lowest BCUT2D eigenvalue weighted by molar-refractivity contribution is -0.141. The van der Waals surface area contributed by atoms with Crippen molar-refractivity contribution in [1.82, 2.24) is 10.2 Å². The maximum absolute atomic E-state index is 13.4. The van der Waals surface area contributed by atoms with Crippen LogP contribution in [-0.2, 0) is 32.5 Å². The van der Waals surface area contributed by atoms with Crippen molar-refractivity contribution in [1.29, 1.82) is 0 Å². The molecule has 0 bridgehead atoms. The Morgan fingerprint density at radius 2 is 1.56 bits per heavy atom. The van der Waals surface area contributed by atoms with Gasteiger partial charge in [0.15, 0.2) is 0 Å². The number of nitrogens with one attached hydrogen (secondary N) is 1. The molecule has 0 aliphatic rings. The van der Waals surface area contributed by atoms with Crippen LogP contribution in [0.5, 0.6) is 0 Å². The van der Waals surface area contributed by atoms with E-state index < -0.39 is 16.1 Å². The van der Waals surface area contributed by atoms with Crippen LogP contribution < -0.4 is 9.62 Å². The first kappa shape index (κ1) is 29.4. The third kappa shape index (κ3) is 8.97. The fourth-order valence-corrected chi connectivity index (χ4v) is 5.14. The van der Waals surface area contributed by atoms with Crippen molar-refractivity contribution in [3.63, 3.8) is 0 Å². The van der Waals surface area contributed by atoms with E-state index in [1.807, 2.05) is 70.2 Å². The smallest absolute Gasteiger partial charge is 0.242 e. The Balaban J connectivity index is 2.15. The summed E-state index contributed by atoms with van der Waals surface area (Å²) in [4.78, 5) is 27.9. The predicted octanol–water partition coefficient (Wildman–Crippen LogP) is 4.17. The summed E-state index contributed by atoms with van der Waals surface area (Å²) < 4.78 is 26.3. The molecule has 2 aromatic rings. The molecule has 0 fully saturated rings. The Hall–Kier alpha value is -2.87. The Morgan fingerprint density at radius 3 is 2.08 bits per heavy atom. The molecule has 0 radical (unpaired) electrons. The number of nitrogens with zero attached hydrogens (tertiary/aromatic N) is 2. The standard InChI is InChI=1S/C28H41N3O4S/c1-6-23-15-17-25(18-16-23)31(36(5,34)35)20-11-14-27(32)30(21-19-24-12-9-8-10-13-24)26(7-2)28(33)29-22(3)4/h8-10,12-13,15-18,22,26H,6-7,11,14,19-21H2,1-5H3,(H,29,33)/t26-/m1/s1. The Kier molecular flexibility index (Phi) is 11.4. The van der Waals surface area contributed by atoms with Gasteiger partial charge in [0.05, 0.1) is 11.9 Å². The molecule has 198 valence electrons. The van der Waals surface area contributed by atoms with Crippen LogP contribution >= 0.6 is 0 Å². The van der Waals surface area contributed by atoms with Crippen LogP contribution in [0.1, 0.15) is 58.1 Å². The van der Waals surface area contributed by atoms with Gasteiger partial charge in [-0.3, -0.25) is 13.9 Å². The molecule has 0 aliphatic heterocycles. The third-order valence-corrected chi connectivity index (χ3v) is 7.28. The lowest BCUT2D eigenvalue weighted by atomic mass is 10.1. The number of aryl methyl sites for hydroxylation is 1. The summed E-state index contributed by atoms with van der Waals surface area (Å²) >= 11 is 0. The highest BCUT2D eigenvalue weighted by molar-refractivity contribution is 7.92. The number of carbonyl (C=O) groups is 2. The van der Waals surface area contributed by atoms with E-state index in [4.69, 9.17) is 0 Å². The second-order valence-corrected chi connectivity index (χ2v) is 11.3. The van der Waals surface area contributed by atoms with Gasteiger partial charge in [0.2, 0.25) is 21.8 Å². The van der Waals surface area contributed by atoms with Crippen molar-refractivity contribution in [3.05, 3.63) is 65.7 Å². The summed E-state index contributed by atoms with van der Waals surface area (Å²) in [5.74, 6) is -0.311. The van der Waals surface area contributed by atoms with Gasteiger partial charge in [-0.1, -0.05) is 56.3 Å². The molecule has 2 amide bonds. The minimum absolute atomic E-state index is 0.0277. The molecule has 2 rings (SSSR count). The molecule has 8 heteroatoms. The van der Waals surface area contributed by atoms with Gasteiger partial charge in [0, 0.05) is 25.6 Å². The third-order valence-electron chi connectivity index (χ3n) is 6.09. The van der Waals surface area contributed by atoms with Crippen LogP contribution in [0.4, 0.5) is 5.69 Å². The predicted molar refractivity (Wildman–Crippen MR) is 146 cm³/mol. The molecule has 1 atom stereocenters. The molecular formula is C28H41N3O4S. The highest BCUT2D eigenvalue weighted by Gasteiger charge is 2.28. The van der Waals surface area contributed by atoms with Crippen molar-refractivity contribution in [2.24, 2.45) is 0 Å². The van der Waals surface area contributed by atoms with E-state index in [2.05, 4.69) is 5.32 Å². The molecule has 0 saturated heterocycles. The van der Waals surface area contributed by atoms with Crippen LogP contribution in [0.25, 0.3) is 0 Å². The van der Waals surface area contributed by atoms with Crippen molar-refractivity contribution >= 4 is 27.5 Å². The molecular weight excluding hydrogens is 474 g/mol. The quantitative estimate of drug-likeness (QED) is 0.409. The van der Waals surface area contributed by atoms with E-state index in [0.29, 0.717) is 31.5 Å². The lowest BCUT2D eigenvalue weighted by Gasteiger charge is -2.31. The topological polar surface area (TPSA) is 86.8 Å². The van der Waals surface area contributed by atoms with Gasteiger partial charge in [-0.05, 0) is 62.8 Å². The fraction of sp³-hybridized carbons (Fsp3) is 0.500. The molecule has 0 heterocycles. The highest BCUT2D eigenvalue weighted by atomic mass is 32.2. The average molecular weight is 516 g/mol. The van der Waals surface area contributed by atoms with Gasteiger partial charge < -0.3 is 10.2 Å². The largest absolute Gasteiger partial charge is 0.352 e. The van der Waals surface area contributed by atoms with Gasteiger partial charge in [0.1, 0.15) is 6.04 Å². The van der Waals surface area contributed by atoms with Crippen molar-refractivity contribution in [2.75, 3.05) is 23.7 Å². The van der Waals surface area contributed by atoms with Gasteiger partial charge in [-0.15, -0.1) is 0 Å². The van der Waals surface area contributed by atoms with Crippen molar-refractivity contribution in [2.45, 2.75) is 71.9 Å². The SMILES string of the molecule is CCc1ccc(N(CCCC(=O)N(CCc2ccccc2)[C@H](CC)C(=O)NC(C)C)S(C)(=O)=O)cc1. The molecule has 1 N–H and O–H groups in total. The molecule has 0 unspecified atom stereocenters. The minimum atomic E-state index is -3.51. The zero-order valence-corrected chi connectivity index (χ0v) is 23.1. The summed E-state index contributed by atoms with van der Waals surface area (Å²) in [6.45, 7) is 8.35. The summed E-state index contributed by atoms with van der Waals surface area (Å²) in [6, 6.07) is 16.7. The summed E-state index contributed by atoms with van der Waals surface area (Å²) in [5.41, 5.74) is 2.81.